The monoisotopic (exact) mass is 262 g/mol. The van der Waals surface area contributed by atoms with Gasteiger partial charge in [0.2, 0.25) is 0 Å². The molecule has 1 N–H and O–H groups in total. The molecule has 0 spiro atoms. The summed E-state index contributed by atoms with van der Waals surface area (Å²) in [5.74, 6) is 0. The number of H-pyrrole nitrogens is 1. The van der Waals surface area contributed by atoms with Crippen LogP contribution in [-0.4, -0.2) is 9.97 Å². The highest BCUT2D eigenvalue weighted by atomic mass is 35.5. The Hall–Kier alpha value is -1.61. The molecular weight excluding hydrogens is 248 g/mol. The second kappa shape index (κ2) is 4.58. The van der Waals surface area contributed by atoms with Crippen LogP contribution in [0.15, 0.2) is 35.4 Å². The van der Waals surface area contributed by atoms with Crippen LogP contribution in [0, 0.1) is 0 Å². The minimum Gasteiger partial charge on any atom is -0.313 e. The van der Waals surface area contributed by atoms with Crippen LogP contribution in [0.25, 0.3) is 11.3 Å². The Labute approximate surface area is 111 Å². The van der Waals surface area contributed by atoms with Crippen molar-refractivity contribution in [2.75, 3.05) is 0 Å². The molecule has 0 radical (unpaired) electrons. The molecule has 1 aromatic carbocycles. The summed E-state index contributed by atoms with van der Waals surface area (Å²) < 4.78 is 0. The average molecular weight is 263 g/mol. The number of nitrogens with one attached hydrogen (secondary N) is 1. The van der Waals surface area contributed by atoms with Crippen molar-refractivity contribution in [3.63, 3.8) is 0 Å². The highest BCUT2D eigenvalue weighted by molar-refractivity contribution is 6.31. The van der Waals surface area contributed by atoms with Crippen LogP contribution in [0.5, 0.6) is 0 Å². The fourth-order valence-electron chi connectivity index (χ4n) is 1.81. The summed E-state index contributed by atoms with van der Waals surface area (Å²) in [6, 6.07) is 7.24. The summed E-state index contributed by atoms with van der Waals surface area (Å²) in [5.41, 5.74) is 2.38. The first-order valence-electron chi connectivity index (χ1n) is 5.73. The van der Waals surface area contributed by atoms with Crippen LogP contribution in [0.1, 0.15) is 26.3 Å². The molecule has 0 amide bonds. The Morgan fingerprint density at radius 1 is 1.22 bits per heavy atom. The van der Waals surface area contributed by atoms with Crippen LogP contribution in [0.3, 0.4) is 0 Å². The minimum absolute atomic E-state index is 0.00278. The quantitative estimate of drug-likeness (QED) is 0.856. The van der Waals surface area contributed by atoms with Crippen molar-refractivity contribution in [1.82, 2.24) is 9.97 Å². The zero-order chi connectivity index (χ0) is 13.3. The van der Waals surface area contributed by atoms with Gasteiger partial charge in [0.15, 0.2) is 0 Å². The van der Waals surface area contributed by atoms with E-state index < -0.39 is 0 Å². The summed E-state index contributed by atoms with van der Waals surface area (Å²) in [5, 5.41) is 0.696. The maximum atomic E-state index is 11.2. The minimum atomic E-state index is -0.170. The molecule has 94 valence electrons. The number of hydrogen-bond donors (Lipinski definition) is 1. The van der Waals surface area contributed by atoms with E-state index in [0.29, 0.717) is 10.7 Å². The first-order valence-corrected chi connectivity index (χ1v) is 6.11. The van der Waals surface area contributed by atoms with Gasteiger partial charge in [-0.2, -0.15) is 0 Å². The lowest BCUT2D eigenvalue weighted by Crippen LogP contribution is -2.11. The Morgan fingerprint density at radius 2 is 1.94 bits per heavy atom. The molecule has 0 atom stereocenters. The number of benzene rings is 1. The second-order valence-electron chi connectivity index (χ2n) is 5.24. The molecule has 1 heterocycles. The molecule has 0 saturated carbocycles. The van der Waals surface area contributed by atoms with Gasteiger partial charge in [-0.3, -0.25) is 4.79 Å². The number of nitrogens with zero attached hydrogens (tertiary/aromatic N) is 1. The molecule has 2 rings (SSSR count). The molecule has 0 aliphatic rings. The molecule has 0 aliphatic heterocycles. The summed E-state index contributed by atoms with van der Waals surface area (Å²) in [6.07, 6.45) is 1.39. The van der Waals surface area contributed by atoms with Gasteiger partial charge >= 0.3 is 0 Å². The summed E-state index contributed by atoms with van der Waals surface area (Å²) in [7, 11) is 0. The van der Waals surface area contributed by atoms with Crippen LogP contribution in [0.2, 0.25) is 5.02 Å². The molecular formula is C14H15ClN2O. The van der Waals surface area contributed by atoms with Crippen molar-refractivity contribution in [3.8, 4) is 11.3 Å². The van der Waals surface area contributed by atoms with E-state index in [9.17, 15) is 4.79 Å². The fraction of sp³-hybridized carbons (Fsp3) is 0.286. The lowest BCUT2D eigenvalue weighted by atomic mass is 9.86. The van der Waals surface area contributed by atoms with Crippen LogP contribution in [-0.2, 0) is 5.41 Å². The van der Waals surface area contributed by atoms with Gasteiger partial charge < -0.3 is 4.98 Å². The van der Waals surface area contributed by atoms with E-state index in [-0.39, 0.29) is 11.0 Å². The lowest BCUT2D eigenvalue weighted by molar-refractivity contribution is 0.590. The molecule has 0 aliphatic carbocycles. The Bertz CT molecular complexity index is 626. The molecule has 1 aromatic heterocycles. The van der Waals surface area contributed by atoms with Crippen molar-refractivity contribution in [2.45, 2.75) is 26.2 Å². The molecule has 4 heteroatoms. The normalized spacial score (nSPS) is 11.6. The molecule has 18 heavy (non-hydrogen) atoms. The maximum absolute atomic E-state index is 11.2. The number of aromatic nitrogens is 2. The molecule has 0 unspecified atom stereocenters. The van der Waals surface area contributed by atoms with E-state index in [4.69, 9.17) is 11.6 Å². The van der Waals surface area contributed by atoms with Gasteiger partial charge in [-0.15, -0.1) is 0 Å². The van der Waals surface area contributed by atoms with E-state index in [1.54, 1.807) is 0 Å². The van der Waals surface area contributed by atoms with Crippen molar-refractivity contribution in [2.24, 2.45) is 0 Å². The number of halogens is 1. The maximum Gasteiger partial charge on any atom is 0.251 e. The predicted molar refractivity (Wildman–Crippen MR) is 74.0 cm³/mol. The van der Waals surface area contributed by atoms with Crippen LogP contribution in [0.4, 0.5) is 0 Å². The molecule has 0 bridgehead atoms. The van der Waals surface area contributed by atoms with Gasteiger partial charge in [-0.1, -0.05) is 44.5 Å². The van der Waals surface area contributed by atoms with E-state index in [0.717, 1.165) is 11.1 Å². The highest BCUT2D eigenvalue weighted by Gasteiger charge is 2.17. The van der Waals surface area contributed by atoms with Gasteiger partial charge in [0, 0.05) is 16.7 Å². The van der Waals surface area contributed by atoms with E-state index in [1.165, 1.54) is 12.4 Å². The molecule has 0 saturated heterocycles. The van der Waals surface area contributed by atoms with E-state index in [1.807, 2.05) is 18.2 Å². The van der Waals surface area contributed by atoms with Crippen molar-refractivity contribution < 1.29 is 0 Å². The second-order valence-corrected chi connectivity index (χ2v) is 5.65. The first-order chi connectivity index (χ1) is 8.38. The summed E-state index contributed by atoms with van der Waals surface area (Å²) in [4.78, 5) is 17.9. The fourth-order valence-corrected chi connectivity index (χ4v) is 2.27. The van der Waals surface area contributed by atoms with Gasteiger partial charge in [0.25, 0.3) is 5.56 Å². The average Bonchev–Trinajstić information content (AvgIpc) is 2.27. The van der Waals surface area contributed by atoms with Gasteiger partial charge in [-0.25, -0.2) is 4.98 Å². The van der Waals surface area contributed by atoms with Crippen LogP contribution >= 0.6 is 11.6 Å². The standard InChI is InChI=1S/C14H15ClN2O/c1-14(2,3)10-5-4-9(6-11(10)15)12-7-13(18)17-8-16-12/h4-8H,1-3H3,(H,16,17,18). The van der Waals surface area contributed by atoms with Gasteiger partial charge in [0.1, 0.15) is 0 Å². The van der Waals surface area contributed by atoms with Crippen LogP contribution < -0.4 is 5.56 Å². The SMILES string of the molecule is CC(C)(C)c1ccc(-c2cc(=O)[nH]cn2)cc1Cl. The Balaban J connectivity index is 2.50. The summed E-state index contributed by atoms with van der Waals surface area (Å²) in [6.45, 7) is 6.33. The zero-order valence-electron chi connectivity index (χ0n) is 10.6. The zero-order valence-corrected chi connectivity index (χ0v) is 11.4. The lowest BCUT2D eigenvalue weighted by Gasteiger charge is -2.21. The predicted octanol–water partition coefficient (Wildman–Crippen LogP) is 3.39. The van der Waals surface area contributed by atoms with E-state index >= 15 is 0 Å². The van der Waals surface area contributed by atoms with Gasteiger partial charge in [-0.05, 0) is 17.0 Å². The number of rotatable bonds is 1. The van der Waals surface area contributed by atoms with Gasteiger partial charge in [0.05, 0.1) is 12.0 Å². The first kappa shape index (κ1) is 12.8. The van der Waals surface area contributed by atoms with Crippen molar-refractivity contribution >= 4 is 11.6 Å². The molecule has 3 nitrogen and oxygen atoms in total. The third-order valence-corrected chi connectivity index (χ3v) is 3.06. The van der Waals surface area contributed by atoms with Crippen molar-refractivity contribution in [1.29, 1.82) is 0 Å². The smallest absolute Gasteiger partial charge is 0.251 e. The summed E-state index contributed by atoms with van der Waals surface area (Å²) >= 11 is 6.29. The largest absolute Gasteiger partial charge is 0.313 e. The molecule has 2 aromatic rings. The Morgan fingerprint density at radius 3 is 2.50 bits per heavy atom. The third kappa shape index (κ3) is 2.62. The number of hydrogen-bond acceptors (Lipinski definition) is 2. The van der Waals surface area contributed by atoms with E-state index in [2.05, 4.69) is 30.7 Å². The molecule has 0 fully saturated rings. The Kier molecular flexibility index (Phi) is 3.26. The highest BCUT2D eigenvalue weighted by Crippen LogP contribution is 2.32. The topological polar surface area (TPSA) is 45.8 Å². The number of aromatic amines is 1. The van der Waals surface area contributed by atoms with Crippen molar-refractivity contribution in [3.05, 3.63) is 51.5 Å². The third-order valence-electron chi connectivity index (χ3n) is 2.75.